The van der Waals surface area contributed by atoms with Crippen LogP contribution in [0, 0.1) is 125 Å². The number of aryl methyl sites for hydroxylation is 14. The molecular weight excluding hydrogens is 577 g/mol. The topological polar surface area (TPSA) is 0 Å². The normalized spacial score (nSPS) is 12.4. The lowest BCUT2D eigenvalue weighted by Crippen LogP contribution is -2.05. The SMILES string of the molecule is Cc1c(C)c(C)c2c(C)c3c(C)c4c(C)c5c(C)c6c(C)c7c(C)c(C)c(C)c(C)c7c(C)c6c(C)c5c(C)c4c(C)c3c(C)c2c1C. The summed E-state index contributed by atoms with van der Waals surface area (Å²) in [5.74, 6) is 0. The van der Waals surface area contributed by atoms with E-state index in [2.05, 4.69) is 125 Å². The standard InChI is InChI=1S/C48H54/c1-19-20(2)24(6)38-28(10)42-32(14)46-36(18)48-34(16)44-30(12)40-26(8)22(4)21(3)25(7)39(40)29(11)43(44)33(15)47(48)35(17)45(46)31(13)41(42)27(9)37(38)23(19)5/h1-18H3. The maximum absolute atomic E-state index is 2.42. The molecule has 0 saturated carbocycles. The van der Waals surface area contributed by atoms with Crippen LogP contribution in [-0.2, 0) is 0 Å². The van der Waals surface area contributed by atoms with E-state index in [9.17, 15) is 0 Å². The lowest BCUT2D eigenvalue weighted by atomic mass is 9.76. The van der Waals surface area contributed by atoms with E-state index in [4.69, 9.17) is 0 Å². The van der Waals surface area contributed by atoms with Crippen molar-refractivity contribution in [3.8, 4) is 0 Å². The smallest absolute Gasteiger partial charge is 0.0107 e. The second kappa shape index (κ2) is 10.3. The van der Waals surface area contributed by atoms with Crippen LogP contribution in [0.2, 0.25) is 0 Å². The molecule has 0 aromatic heterocycles. The van der Waals surface area contributed by atoms with Gasteiger partial charge in [-0.2, -0.15) is 0 Å². The second-order valence-corrected chi connectivity index (χ2v) is 15.8. The molecule has 0 aliphatic heterocycles. The Balaban J connectivity index is 1.81. The zero-order chi connectivity index (χ0) is 35.3. The van der Waals surface area contributed by atoms with E-state index in [0.717, 1.165) is 0 Å². The molecule has 0 saturated heterocycles. The third kappa shape index (κ3) is 3.62. The number of rotatable bonds is 0. The molecule has 0 unspecified atom stereocenters. The highest BCUT2D eigenvalue weighted by molar-refractivity contribution is 6.24. The summed E-state index contributed by atoms with van der Waals surface area (Å²) in [6.07, 6.45) is 0. The van der Waals surface area contributed by atoms with E-state index in [-0.39, 0.29) is 0 Å². The van der Waals surface area contributed by atoms with Crippen molar-refractivity contribution in [1.29, 1.82) is 0 Å². The summed E-state index contributed by atoms with van der Waals surface area (Å²) in [6.45, 7) is 42.6. The summed E-state index contributed by atoms with van der Waals surface area (Å²) in [5, 5.41) is 17.5. The van der Waals surface area contributed by atoms with Crippen molar-refractivity contribution >= 4 is 64.6 Å². The summed E-state index contributed by atoms with van der Waals surface area (Å²) in [7, 11) is 0. The van der Waals surface area contributed by atoms with Gasteiger partial charge in [0.1, 0.15) is 0 Å². The van der Waals surface area contributed by atoms with Gasteiger partial charge < -0.3 is 0 Å². The predicted molar refractivity (Wildman–Crippen MR) is 217 cm³/mol. The molecule has 0 fully saturated rings. The van der Waals surface area contributed by atoms with Crippen molar-refractivity contribution in [2.75, 3.05) is 0 Å². The number of hydrogen-bond donors (Lipinski definition) is 0. The maximum atomic E-state index is 2.42. The summed E-state index contributed by atoms with van der Waals surface area (Å²) in [4.78, 5) is 0. The average Bonchev–Trinajstić information content (AvgIpc) is 3.04. The van der Waals surface area contributed by atoms with Crippen molar-refractivity contribution in [2.45, 2.75) is 125 Å². The minimum Gasteiger partial charge on any atom is -0.0444 e. The van der Waals surface area contributed by atoms with Crippen LogP contribution in [0.25, 0.3) is 64.6 Å². The van der Waals surface area contributed by atoms with Crippen molar-refractivity contribution in [3.63, 3.8) is 0 Å². The van der Waals surface area contributed by atoms with Gasteiger partial charge in [-0.3, -0.25) is 0 Å². The van der Waals surface area contributed by atoms with Crippen LogP contribution in [0.5, 0.6) is 0 Å². The minimum absolute atomic E-state index is 1.43. The second-order valence-electron chi connectivity index (χ2n) is 15.8. The molecule has 0 aliphatic rings. The molecule has 0 amide bonds. The predicted octanol–water partition coefficient (Wildman–Crippen LogP) is 14.2. The molecule has 0 bridgehead atoms. The highest BCUT2D eigenvalue weighted by Crippen LogP contribution is 2.50. The first-order chi connectivity index (χ1) is 22.4. The van der Waals surface area contributed by atoms with Crippen LogP contribution in [0.4, 0.5) is 0 Å². The molecule has 0 N–H and O–H groups in total. The number of hydrogen-bond acceptors (Lipinski definition) is 0. The van der Waals surface area contributed by atoms with Crippen LogP contribution in [-0.4, -0.2) is 0 Å². The summed E-state index contributed by atoms with van der Waals surface area (Å²) in [6, 6.07) is 0. The van der Waals surface area contributed by atoms with Gasteiger partial charge in [0, 0.05) is 0 Å². The van der Waals surface area contributed by atoms with Crippen LogP contribution >= 0.6 is 0 Å². The van der Waals surface area contributed by atoms with Gasteiger partial charge in [-0.1, -0.05) is 0 Å². The van der Waals surface area contributed by atoms with Gasteiger partial charge in [0.05, 0.1) is 0 Å². The Labute approximate surface area is 288 Å². The maximum Gasteiger partial charge on any atom is -0.0107 e. The largest absolute Gasteiger partial charge is 0.0444 e. The quantitative estimate of drug-likeness (QED) is 0.146. The van der Waals surface area contributed by atoms with Gasteiger partial charge in [-0.15, -0.1) is 0 Å². The first-order valence-corrected chi connectivity index (χ1v) is 18.0. The molecule has 0 heterocycles. The first kappa shape index (κ1) is 32.6. The summed E-state index contributed by atoms with van der Waals surface area (Å²) in [5.41, 5.74) is 25.9. The molecular formula is C48H54. The van der Waals surface area contributed by atoms with Crippen molar-refractivity contribution in [3.05, 3.63) is 100 Å². The van der Waals surface area contributed by atoms with Gasteiger partial charge in [0.25, 0.3) is 0 Å². The lowest BCUT2D eigenvalue weighted by molar-refractivity contribution is 1.24. The fourth-order valence-electron chi connectivity index (χ4n) is 11.0. The van der Waals surface area contributed by atoms with E-state index >= 15 is 0 Å². The van der Waals surface area contributed by atoms with E-state index in [1.807, 2.05) is 0 Å². The van der Waals surface area contributed by atoms with Crippen molar-refractivity contribution in [1.82, 2.24) is 0 Å². The Bertz CT molecular complexity index is 2330. The highest BCUT2D eigenvalue weighted by atomic mass is 14.3. The van der Waals surface area contributed by atoms with E-state index < -0.39 is 0 Å². The molecule has 0 atom stereocenters. The van der Waals surface area contributed by atoms with Crippen LogP contribution in [0.15, 0.2) is 0 Å². The first-order valence-electron chi connectivity index (χ1n) is 18.0. The Morgan fingerprint density at radius 2 is 0.188 bits per heavy atom. The molecule has 246 valence electrons. The van der Waals surface area contributed by atoms with Crippen LogP contribution in [0.1, 0.15) is 100 Å². The van der Waals surface area contributed by atoms with Crippen LogP contribution < -0.4 is 0 Å². The van der Waals surface area contributed by atoms with Gasteiger partial charge >= 0.3 is 0 Å². The van der Waals surface area contributed by atoms with E-state index in [1.54, 1.807) is 0 Å². The van der Waals surface area contributed by atoms with Gasteiger partial charge in [-0.05, 0) is 289 Å². The Hall–Kier alpha value is -3.90. The zero-order valence-electron chi connectivity index (χ0n) is 33.0. The monoisotopic (exact) mass is 630 g/mol. The molecule has 7 aromatic carbocycles. The highest BCUT2D eigenvalue weighted by Gasteiger charge is 2.26. The fourth-order valence-corrected chi connectivity index (χ4v) is 11.0. The van der Waals surface area contributed by atoms with Crippen LogP contribution in [0.3, 0.4) is 0 Å². The van der Waals surface area contributed by atoms with E-state index in [1.165, 1.54) is 165 Å². The Morgan fingerprint density at radius 1 is 0.104 bits per heavy atom. The van der Waals surface area contributed by atoms with E-state index in [0.29, 0.717) is 0 Å². The molecule has 0 heteroatoms. The molecule has 7 aromatic rings. The number of benzene rings is 7. The molecule has 0 aliphatic carbocycles. The Kier molecular flexibility index (Phi) is 7.01. The molecule has 7 rings (SSSR count). The molecule has 48 heavy (non-hydrogen) atoms. The van der Waals surface area contributed by atoms with Crippen molar-refractivity contribution in [2.24, 2.45) is 0 Å². The van der Waals surface area contributed by atoms with Gasteiger partial charge in [0.2, 0.25) is 0 Å². The van der Waals surface area contributed by atoms with Crippen molar-refractivity contribution < 1.29 is 0 Å². The third-order valence-corrected chi connectivity index (χ3v) is 13.9. The summed E-state index contributed by atoms with van der Waals surface area (Å²) >= 11 is 0. The summed E-state index contributed by atoms with van der Waals surface area (Å²) < 4.78 is 0. The van der Waals surface area contributed by atoms with Gasteiger partial charge in [0.15, 0.2) is 0 Å². The lowest BCUT2D eigenvalue weighted by Gasteiger charge is -2.27. The zero-order valence-corrected chi connectivity index (χ0v) is 33.0. The fraction of sp³-hybridized carbons (Fsp3) is 0.375. The molecule has 0 spiro atoms. The third-order valence-electron chi connectivity index (χ3n) is 13.9. The average molecular weight is 631 g/mol. The van der Waals surface area contributed by atoms with Gasteiger partial charge in [-0.25, -0.2) is 0 Å². The minimum atomic E-state index is 1.43. The number of fused-ring (bicyclic) bond motifs is 6. The Morgan fingerprint density at radius 3 is 0.292 bits per heavy atom. The molecule has 0 radical (unpaired) electrons. The molecule has 0 nitrogen and oxygen atoms in total.